The first-order chi connectivity index (χ1) is 62.6. The van der Waals surface area contributed by atoms with Gasteiger partial charge in [0.2, 0.25) is 0 Å². The van der Waals surface area contributed by atoms with Crippen LogP contribution in [0.1, 0.15) is 71.1 Å². The molecule has 0 unspecified atom stereocenters. The minimum absolute atomic E-state index is 0. The maximum atomic E-state index is 12.2. The zero-order valence-corrected chi connectivity index (χ0v) is 71.4. The summed E-state index contributed by atoms with van der Waals surface area (Å²) in [5, 5.41) is 87.8. The highest BCUT2D eigenvalue weighted by Gasteiger charge is 2.21. The molecule has 9 heterocycles. The van der Waals surface area contributed by atoms with Crippen LogP contribution in [-0.2, 0) is 35.8 Å². The van der Waals surface area contributed by atoms with Gasteiger partial charge >= 0.3 is 25.0 Å². The van der Waals surface area contributed by atoms with E-state index in [4.69, 9.17) is 103 Å². The lowest BCUT2D eigenvalue weighted by Crippen LogP contribution is -2.29. The standard InChI is InChI=1S/C25H20ClN5O3.2C23H15ClN4O2.C15H10ClN5.C8H8BClO4.CH4/c26-21-14-19(7-8-20(21)25(33)29-34-12-11-32)22-9-10-23-24(27-22)31(30-28-23)15-16-5-6-17-3-1-2-4-18(17)13-16;2*24-19-12-17(7-8-18(19)23(29)30)20-9-10-21-22(25-20)28(27-26-21)13-14-5-6-15-3-1-2-4-16(15)11-14;16-14-6-5-13-15(18-14)21(20-19-13)9-10-3-4-12-11(8-10)2-1-7-17-12;1-14-8(11)6-3-2-5(9(12)13)4-7(6)10;/h1-10,13-14,32H,11-12,15H2,(H,29,33);2*1-12H,13H2,(H,29,30);1-8H,9H2;2-4,12-13H,1H3;1H4. The molecule has 0 fully saturated rings. The molecule has 6 N–H and O–H groups in total. The summed E-state index contributed by atoms with van der Waals surface area (Å²) < 4.78 is 11.5. The van der Waals surface area contributed by atoms with Gasteiger partial charge in [-0.3, -0.25) is 14.6 Å². The van der Waals surface area contributed by atoms with Crippen LogP contribution < -0.4 is 10.9 Å². The van der Waals surface area contributed by atoms with Crippen LogP contribution in [0.15, 0.2) is 285 Å². The molecule has 35 heteroatoms. The normalized spacial score (nSPS) is 11.0. The van der Waals surface area contributed by atoms with Crippen molar-refractivity contribution < 1.29 is 54.1 Å². The van der Waals surface area contributed by atoms with Gasteiger partial charge in [-0.1, -0.05) is 232 Å². The fraction of sp³-hybridized carbons (Fsp3) is 0.0842. The van der Waals surface area contributed by atoms with Crippen LogP contribution in [0.4, 0.5) is 0 Å². The number of benzene rings is 11. The molecule has 0 bridgehead atoms. The summed E-state index contributed by atoms with van der Waals surface area (Å²) in [6, 6.07) is 86.9. The Kier molecular flexibility index (Phi) is 28.2. The molecule has 0 aliphatic carbocycles. The zero-order valence-electron chi connectivity index (χ0n) is 67.6. The number of ether oxygens (including phenoxy) is 1. The van der Waals surface area contributed by atoms with E-state index in [1.807, 2.05) is 103 Å². The number of carboxylic acids is 2. The Labute approximate surface area is 764 Å². The molecule has 1 amide bonds. The smallest absolute Gasteiger partial charge is 0.478 e. The number of halogens is 5. The maximum absolute atomic E-state index is 12.2. The number of aliphatic hydroxyl groups is 1. The van der Waals surface area contributed by atoms with Crippen molar-refractivity contribution in [1.29, 1.82) is 0 Å². The molecule has 29 nitrogen and oxygen atoms in total. The largest absolute Gasteiger partial charge is 0.488 e. The lowest BCUT2D eigenvalue weighted by Gasteiger charge is -2.09. The Morgan fingerprint density at radius 2 is 0.731 bits per heavy atom. The summed E-state index contributed by atoms with van der Waals surface area (Å²) in [4.78, 5) is 73.3. The average molecular weight is 1830 g/mol. The number of carboxylic acid groups (broad SMARTS) is 2. The van der Waals surface area contributed by atoms with Gasteiger partial charge in [-0.25, -0.2) is 58.5 Å². The van der Waals surface area contributed by atoms with E-state index in [1.165, 1.54) is 69.8 Å². The third-order valence-electron chi connectivity index (χ3n) is 20.4. The third-order valence-corrected chi connectivity index (χ3v) is 21.9. The molecule has 11 aromatic carbocycles. The lowest BCUT2D eigenvalue weighted by molar-refractivity contribution is 0.0168. The van der Waals surface area contributed by atoms with Crippen LogP contribution in [0.2, 0.25) is 25.2 Å². The molecule has 0 saturated carbocycles. The van der Waals surface area contributed by atoms with E-state index in [-0.39, 0.29) is 68.4 Å². The Balaban J connectivity index is 0.000000128. The number of fused-ring (bicyclic) bond motifs is 8. The first-order valence-electron chi connectivity index (χ1n) is 39.5. The van der Waals surface area contributed by atoms with E-state index in [0.717, 1.165) is 55.4 Å². The van der Waals surface area contributed by atoms with Crippen LogP contribution in [-0.4, -0.2) is 162 Å². The SMILES string of the molecule is C.COC(=O)c1ccc(B(O)O)cc1Cl.Clc1ccc2nnn(Cc3ccc4ncccc4c3)c2n1.O=C(NOCCO)c1ccc(-c2ccc3nnn(Cc4ccc5ccccc5c4)c3n2)cc1Cl.O=C(O)c1ccc(-c2ccc3nnn(Cc4ccc5ccccc5c4)c3n2)cc1Cl.O=C(O)c1ccc(-c2ccc3nnn(Cc4ccc5ccccc5c4)c3n2)cc1Cl. The molecule has 0 aliphatic heterocycles. The van der Waals surface area contributed by atoms with Gasteiger partial charge in [0.25, 0.3) is 5.91 Å². The van der Waals surface area contributed by atoms with Crippen LogP contribution in [0, 0.1) is 0 Å². The molecule has 646 valence electrons. The summed E-state index contributed by atoms with van der Waals surface area (Å²) in [6.45, 7) is 1.99. The van der Waals surface area contributed by atoms with Crippen molar-refractivity contribution in [2.75, 3.05) is 20.3 Å². The first kappa shape index (κ1) is 89.9. The highest BCUT2D eigenvalue weighted by molar-refractivity contribution is 6.59. The van der Waals surface area contributed by atoms with E-state index >= 15 is 0 Å². The highest BCUT2D eigenvalue weighted by Crippen LogP contribution is 2.32. The van der Waals surface area contributed by atoms with Gasteiger partial charge in [0, 0.05) is 28.3 Å². The number of esters is 1. The predicted molar refractivity (Wildman–Crippen MR) is 501 cm³/mol. The Bertz CT molecular complexity index is 7440. The number of aromatic nitrogens is 17. The zero-order chi connectivity index (χ0) is 89.8. The number of aliphatic hydroxyl groups excluding tert-OH is 1. The molecule has 0 radical (unpaired) electrons. The van der Waals surface area contributed by atoms with Crippen molar-refractivity contribution in [3.8, 4) is 33.8 Å². The maximum Gasteiger partial charge on any atom is 0.488 e. The second kappa shape index (κ2) is 40.8. The van der Waals surface area contributed by atoms with Crippen LogP contribution in [0.5, 0.6) is 0 Å². The fourth-order valence-electron chi connectivity index (χ4n) is 14.0. The number of hydrogen-bond acceptors (Lipinski definition) is 22. The van der Waals surface area contributed by atoms with Crippen LogP contribution >= 0.6 is 58.0 Å². The van der Waals surface area contributed by atoms with E-state index in [1.54, 1.807) is 73.5 Å². The number of hydrogen-bond donors (Lipinski definition) is 6. The number of methoxy groups -OCH3 is 1. The van der Waals surface area contributed by atoms with E-state index in [2.05, 4.69) is 158 Å². The molecule has 20 aromatic rings. The quantitative estimate of drug-likeness (QED) is 0.0144. The minimum atomic E-state index is -1.60. The van der Waals surface area contributed by atoms with Crippen molar-refractivity contribution >= 4 is 182 Å². The summed E-state index contributed by atoms with van der Waals surface area (Å²) in [6.07, 6.45) is 1.79. The molecule has 0 spiro atoms. The molecule has 20 rings (SSSR count). The number of carbonyl (C=O) groups is 4. The number of aromatic carboxylic acids is 2. The average Bonchev–Trinajstić information content (AvgIpc) is 1.71. The van der Waals surface area contributed by atoms with Crippen molar-refractivity contribution in [3.63, 3.8) is 0 Å². The highest BCUT2D eigenvalue weighted by atomic mass is 35.5. The lowest BCUT2D eigenvalue weighted by atomic mass is 9.80. The number of amides is 1. The van der Waals surface area contributed by atoms with Crippen molar-refractivity contribution in [3.05, 3.63) is 355 Å². The molecular weight excluding hydrogens is 1760 g/mol. The minimum Gasteiger partial charge on any atom is -0.478 e. The molecule has 130 heavy (non-hydrogen) atoms. The summed E-state index contributed by atoms with van der Waals surface area (Å²) >= 11 is 30.2. The second-order valence-corrected chi connectivity index (χ2v) is 31.0. The van der Waals surface area contributed by atoms with Crippen LogP contribution in [0.3, 0.4) is 0 Å². The summed E-state index contributed by atoms with van der Waals surface area (Å²) in [5.41, 5.74) is 18.1. The third kappa shape index (κ3) is 21.0. The van der Waals surface area contributed by atoms with Crippen molar-refractivity contribution in [2.45, 2.75) is 33.6 Å². The van der Waals surface area contributed by atoms with Crippen molar-refractivity contribution in [2.24, 2.45) is 0 Å². The predicted octanol–water partition coefficient (Wildman–Crippen LogP) is 17.6. The number of rotatable bonds is 19. The Morgan fingerprint density at radius 3 is 1.12 bits per heavy atom. The van der Waals surface area contributed by atoms with E-state index in [9.17, 15) is 19.2 Å². The number of hydroxylamine groups is 1. The van der Waals surface area contributed by atoms with Gasteiger partial charge in [0.1, 0.15) is 27.2 Å². The molecule has 9 aromatic heterocycles. The summed E-state index contributed by atoms with van der Waals surface area (Å²) in [5.74, 6) is -3.18. The summed E-state index contributed by atoms with van der Waals surface area (Å²) in [7, 11) is -0.354. The number of pyridine rings is 5. The molecule has 0 aliphatic rings. The molecular formula is C95H72BCl5N18O11. The topological polar surface area (TPSA) is 387 Å². The number of nitrogens with zero attached hydrogens (tertiary/aromatic N) is 17. The molecule has 0 saturated heterocycles. The molecule has 0 atom stereocenters. The van der Waals surface area contributed by atoms with Gasteiger partial charge in [-0.2, -0.15) is 0 Å². The Morgan fingerprint density at radius 1 is 0.377 bits per heavy atom. The van der Waals surface area contributed by atoms with Gasteiger partial charge in [-0.15, -0.1) is 20.4 Å². The number of nitrogens with one attached hydrogen (secondary N) is 1. The van der Waals surface area contributed by atoms with Crippen molar-refractivity contribution in [1.82, 2.24) is 90.4 Å². The van der Waals surface area contributed by atoms with Gasteiger partial charge in [0.05, 0.1) is 111 Å². The van der Waals surface area contributed by atoms with E-state index in [0.29, 0.717) is 87.6 Å². The number of carbonyl (C=O) groups excluding carboxylic acids is 2. The van der Waals surface area contributed by atoms with Gasteiger partial charge in [-0.05, 0) is 193 Å². The van der Waals surface area contributed by atoms with Crippen LogP contribution in [0.25, 0.3) is 122 Å². The van der Waals surface area contributed by atoms with Gasteiger partial charge in [0.15, 0.2) is 22.6 Å². The van der Waals surface area contributed by atoms with E-state index < -0.39 is 30.9 Å². The Hall–Kier alpha value is -15.0. The second-order valence-electron chi connectivity index (χ2n) is 29.0. The first-order valence-corrected chi connectivity index (χ1v) is 41.4. The van der Waals surface area contributed by atoms with Gasteiger partial charge < -0.3 is 30.1 Å². The fourth-order valence-corrected chi connectivity index (χ4v) is 15.2. The monoisotopic (exact) mass is 1830 g/mol.